The summed E-state index contributed by atoms with van der Waals surface area (Å²) >= 11 is 3.99. The quantitative estimate of drug-likeness (QED) is 0.466. The van der Waals surface area contributed by atoms with E-state index in [2.05, 4.69) is 48.3 Å². The van der Waals surface area contributed by atoms with Crippen LogP contribution in [-0.4, -0.2) is 49.7 Å². The Labute approximate surface area is 173 Å². The summed E-state index contributed by atoms with van der Waals surface area (Å²) in [4.78, 5) is 1.24. The maximum Gasteiger partial charge on any atom is 0.132 e. The third kappa shape index (κ3) is 6.45. The highest BCUT2D eigenvalue weighted by molar-refractivity contribution is 8.00. The lowest BCUT2D eigenvalue weighted by molar-refractivity contribution is 0.0360. The van der Waals surface area contributed by atoms with Gasteiger partial charge in [0.2, 0.25) is 0 Å². The van der Waals surface area contributed by atoms with Gasteiger partial charge in [-0.1, -0.05) is 37.6 Å². The number of para-hydroxylation sites is 1. The van der Waals surface area contributed by atoms with Crippen LogP contribution in [0.5, 0.6) is 5.75 Å². The Balaban J connectivity index is 1.38. The number of allylic oxidation sites excluding steroid dienone is 1. The number of benzene rings is 1. The van der Waals surface area contributed by atoms with E-state index >= 15 is 0 Å². The maximum absolute atomic E-state index is 6.20. The molecule has 3 rings (SSSR count). The second-order valence-electron chi connectivity index (χ2n) is 7.44. The van der Waals surface area contributed by atoms with Crippen LogP contribution < -0.4 is 10.1 Å². The molecule has 3 nitrogen and oxygen atoms in total. The Morgan fingerprint density at radius 3 is 3.11 bits per heavy atom. The van der Waals surface area contributed by atoms with Crippen molar-refractivity contribution in [2.24, 2.45) is 11.8 Å². The third-order valence-corrected chi connectivity index (χ3v) is 8.16. The van der Waals surface area contributed by atoms with E-state index in [1.54, 1.807) is 7.11 Å². The molecule has 150 valence electrons. The number of hydrogen-bond acceptors (Lipinski definition) is 5. The van der Waals surface area contributed by atoms with E-state index in [9.17, 15) is 0 Å². The standard InChI is InChI=1S/C22H33NO2S2/c1-3-17(15-26-21-10-6-4-8-19(21)24-2)12-23-13-18-14-25-20-9-5-7-11-22(20)27-16-18/h4,6-8,10-11,17-18,20,22-23H,3,5,9,12-16H2,1-2H3/t17-,18?,20?,22?/m0/s1. The molecule has 0 radical (unpaired) electrons. The van der Waals surface area contributed by atoms with Gasteiger partial charge in [0.25, 0.3) is 0 Å². The monoisotopic (exact) mass is 407 g/mol. The first-order valence-electron chi connectivity index (χ1n) is 10.2. The maximum atomic E-state index is 6.20. The highest BCUT2D eigenvalue weighted by Crippen LogP contribution is 2.32. The van der Waals surface area contributed by atoms with Crippen LogP contribution in [0.4, 0.5) is 0 Å². The number of ether oxygens (including phenoxy) is 2. The van der Waals surface area contributed by atoms with E-state index in [1.807, 2.05) is 23.9 Å². The Hall–Kier alpha value is -0.620. The molecular weight excluding hydrogens is 374 g/mol. The van der Waals surface area contributed by atoms with Crippen molar-refractivity contribution in [1.82, 2.24) is 5.32 Å². The lowest BCUT2D eigenvalue weighted by Crippen LogP contribution is -2.32. The molecule has 27 heavy (non-hydrogen) atoms. The lowest BCUT2D eigenvalue weighted by Gasteiger charge is -2.24. The minimum absolute atomic E-state index is 0.436. The highest BCUT2D eigenvalue weighted by atomic mass is 32.2. The summed E-state index contributed by atoms with van der Waals surface area (Å²) in [6.45, 7) is 5.33. The summed E-state index contributed by atoms with van der Waals surface area (Å²) in [5, 5.41) is 4.30. The summed E-state index contributed by atoms with van der Waals surface area (Å²) in [5.74, 6) is 4.59. The highest BCUT2D eigenvalue weighted by Gasteiger charge is 2.28. The first-order chi connectivity index (χ1) is 13.3. The molecule has 1 aliphatic carbocycles. The van der Waals surface area contributed by atoms with Gasteiger partial charge in [-0.25, -0.2) is 0 Å². The fraction of sp³-hybridized carbons (Fsp3) is 0.636. The van der Waals surface area contributed by atoms with Crippen LogP contribution in [0.2, 0.25) is 0 Å². The Bertz CT molecular complexity index is 595. The zero-order chi connectivity index (χ0) is 18.9. The molecular formula is C22H33NO2S2. The second-order valence-corrected chi connectivity index (χ2v) is 9.71. The van der Waals surface area contributed by atoms with E-state index in [0.29, 0.717) is 23.2 Å². The topological polar surface area (TPSA) is 30.5 Å². The van der Waals surface area contributed by atoms with Crippen LogP contribution in [0, 0.1) is 11.8 Å². The summed E-state index contributed by atoms with van der Waals surface area (Å²) in [6, 6.07) is 8.30. The molecule has 4 atom stereocenters. The molecule has 1 N–H and O–H groups in total. The normalized spacial score (nSPS) is 26.2. The van der Waals surface area contributed by atoms with Crippen molar-refractivity contribution >= 4 is 23.5 Å². The zero-order valence-corrected chi connectivity index (χ0v) is 18.2. The predicted octanol–water partition coefficient (Wildman–Crippen LogP) is 4.87. The van der Waals surface area contributed by atoms with Gasteiger partial charge in [0.05, 0.1) is 19.8 Å². The summed E-state index contributed by atoms with van der Waals surface area (Å²) in [7, 11) is 1.75. The van der Waals surface area contributed by atoms with Crippen molar-refractivity contribution in [1.29, 1.82) is 0 Å². The van der Waals surface area contributed by atoms with Gasteiger partial charge >= 0.3 is 0 Å². The van der Waals surface area contributed by atoms with E-state index in [1.165, 1.54) is 29.9 Å². The molecule has 2 aliphatic rings. The summed E-state index contributed by atoms with van der Waals surface area (Å²) in [6.07, 6.45) is 8.67. The molecule has 5 heteroatoms. The van der Waals surface area contributed by atoms with E-state index in [0.717, 1.165) is 31.2 Å². The van der Waals surface area contributed by atoms with Crippen molar-refractivity contribution < 1.29 is 9.47 Å². The number of rotatable bonds is 9. The molecule has 1 heterocycles. The number of fused-ring (bicyclic) bond motifs is 1. The smallest absolute Gasteiger partial charge is 0.132 e. The van der Waals surface area contributed by atoms with Crippen LogP contribution in [0.3, 0.4) is 0 Å². The molecule has 1 saturated heterocycles. The predicted molar refractivity (Wildman–Crippen MR) is 118 cm³/mol. The molecule has 1 aromatic rings. The van der Waals surface area contributed by atoms with Gasteiger partial charge in [0.1, 0.15) is 5.75 Å². The van der Waals surface area contributed by atoms with Crippen LogP contribution >= 0.6 is 23.5 Å². The average molecular weight is 408 g/mol. The first kappa shape index (κ1) is 21.1. The number of nitrogens with one attached hydrogen (secondary N) is 1. The molecule has 0 saturated carbocycles. The Morgan fingerprint density at radius 2 is 2.26 bits per heavy atom. The third-order valence-electron chi connectivity index (χ3n) is 5.37. The molecule has 3 unspecified atom stereocenters. The zero-order valence-electron chi connectivity index (χ0n) is 16.6. The fourth-order valence-corrected chi connectivity index (χ4v) is 6.15. The second kappa shape index (κ2) is 11.4. The SMILES string of the molecule is CC[C@@H](CNCC1COC2CCC=CC2SC1)CSc1ccccc1OC. The van der Waals surface area contributed by atoms with Crippen LogP contribution in [-0.2, 0) is 4.74 Å². The van der Waals surface area contributed by atoms with Gasteiger partial charge < -0.3 is 14.8 Å². The number of methoxy groups -OCH3 is 1. The molecule has 0 bridgehead atoms. The molecule has 1 aliphatic heterocycles. The molecule has 0 aromatic heterocycles. The summed E-state index contributed by atoms with van der Waals surface area (Å²) in [5.41, 5.74) is 0. The van der Waals surface area contributed by atoms with Gasteiger partial charge in [-0.2, -0.15) is 11.8 Å². The largest absolute Gasteiger partial charge is 0.496 e. The van der Waals surface area contributed by atoms with Crippen LogP contribution in [0.1, 0.15) is 26.2 Å². The molecule has 1 aromatic carbocycles. The van der Waals surface area contributed by atoms with E-state index in [4.69, 9.17) is 9.47 Å². The molecule has 0 amide bonds. The van der Waals surface area contributed by atoms with Crippen LogP contribution in [0.15, 0.2) is 41.3 Å². The fourth-order valence-electron chi connectivity index (χ4n) is 3.55. The van der Waals surface area contributed by atoms with Gasteiger partial charge in [-0.15, -0.1) is 11.8 Å². The number of thioether (sulfide) groups is 2. The van der Waals surface area contributed by atoms with Gasteiger partial charge in [-0.3, -0.25) is 0 Å². The lowest BCUT2D eigenvalue weighted by atomic mass is 10.0. The Kier molecular flexibility index (Phi) is 8.91. The molecule has 0 spiro atoms. The minimum atomic E-state index is 0.436. The van der Waals surface area contributed by atoms with Crippen molar-refractivity contribution in [2.45, 2.75) is 42.4 Å². The molecule has 1 fully saturated rings. The average Bonchev–Trinajstić information content (AvgIpc) is 2.93. The van der Waals surface area contributed by atoms with Crippen molar-refractivity contribution in [3.8, 4) is 5.75 Å². The van der Waals surface area contributed by atoms with Crippen LogP contribution in [0.25, 0.3) is 0 Å². The summed E-state index contributed by atoms with van der Waals surface area (Å²) < 4.78 is 11.7. The van der Waals surface area contributed by atoms with Crippen molar-refractivity contribution in [2.75, 3.05) is 38.3 Å². The number of hydrogen-bond donors (Lipinski definition) is 1. The van der Waals surface area contributed by atoms with E-state index < -0.39 is 0 Å². The van der Waals surface area contributed by atoms with Gasteiger partial charge in [-0.05, 0) is 37.4 Å². The van der Waals surface area contributed by atoms with Crippen molar-refractivity contribution in [3.63, 3.8) is 0 Å². The van der Waals surface area contributed by atoms with Crippen molar-refractivity contribution in [3.05, 3.63) is 36.4 Å². The Morgan fingerprint density at radius 1 is 1.37 bits per heavy atom. The minimum Gasteiger partial charge on any atom is -0.496 e. The van der Waals surface area contributed by atoms with E-state index in [-0.39, 0.29) is 0 Å². The van der Waals surface area contributed by atoms with Gasteiger partial charge in [0, 0.05) is 34.1 Å². The first-order valence-corrected chi connectivity index (χ1v) is 12.2. The van der Waals surface area contributed by atoms with Gasteiger partial charge in [0.15, 0.2) is 0 Å².